The summed E-state index contributed by atoms with van der Waals surface area (Å²) in [7, 11) is -5.20. The number of phosphoric acid groups is 1. The molecule has 3 N–H and O–H groups in total. The van der Waals surface area contributed by atoms with Gasteiger partial charge in [-0.25, -0.2) is 4.57 Å². The number of nitrogens with one attached hydrogen (secondary N) is 1. The second-order valence-electron chi connectivity index (χ2n) is 6.88. The SMILES string of the molecule is CC(=O)CCC(=O)NC1C(OC(C)=O)[C@H](OC(C)=O)C(COC(C)=O)O[C@@H]1OP(=O)(O)O. The van der Waals surface area contributed by atoms with Crippen LogP contribution in [0.15, 0.2) is 0 Å². The zero-order valence-electron chi connectivity index (χ0n) is 17.8. The van der Waals surface area contributed by atoms with Crippen molar-refractivity contribution >= 4 is 37.4 Å². The van der Waals surface area contributed by atoms with Crippen molar-refractivity contribution < 1.29 is 61.8 Å². The van der Waals surface area contributed by atoms with Crippen LogP contribution in [0.3, 0.4) is 0 Å². The van der Waals surface area contributed by atoms with Crippen LogP contribution in [0.2, 0.25) is 0 Å². The molecule has 0 aromatic carbocycles. The topological polar surface area (TPSA) is 201 Å². The van der Waals surface area contributed by atoms with Crippen LogP contribution in [0.1, 0.15) is 40.5 Å². The van der Waals surface area contributed by atoms with Gasteiger partial charge in [0.05, 0.1) is 0 Å². The molecule has 1 heterocycles. The van der Waals surface area contributed by atoms with Crippen molar-refractivity contribution in [2.24, 2.45) is 0 Å². The fraction of sp³-hybridized carbons (Fsp3) is 0.706. The van der Waals surface area contributed by atoms with E-state index in [1.54, 1.807) is 0 Å². The van der Waals surface area contributed by atoms with Crippen LogP contribution in [0, 0.1) is 0 Å². The van der Waals surface area contributed by atoms with E-state index in [1.807, 2.05) is 0 Å². The molecule has 15 heteroatoms. The number of amides is 1. The summed E-state index contributed by atoms with van der Waals surface area (Å²) in [5, 5.41) is 2.33. The second kappa shape index (κ2) is 12.0. The molecule has 1 aliphatic rings. The molecule has 0 radical (unpaired) electrons. The number of esters is 3. The molecule has 1 aliphatic heterocycles. The predicted octanol–water partition coefficient (Wildman–Crippen LogP) is -0.899. The fourth-order valence-electron chi connectivity index (χ4n) is 2.83. The highest BCUT2D eigenvalue weighted by Crippen LogP contribution is 2.41. The van der Waals surface area contributed by atoms with Crippen molar-refractivity contribution in [3.63, 3.8) is 0 Å². The van der Waals surface area contributed by atoms with Crippen molar-refractivity contribution in [1.29, 1.82) is 0 Å². The zero-order chi connectivity index (χ0) is 24.6. The van der Waals surface area contributed by atoms with Crippen molar-refractivity contribution in [2.75, 3.05) is 6.61 Å². The fourth-order valence-corrected chi connectivity index (χ4v) is 3.28. The lowest BCUT2D eigenvalue weighted by atomic mass is 9.96. The molecule has 14 nitrogen and oxygen atoms in total. The number of phosphoric ester groups is 1. The monoisotopic (exact) mass is 483 g/mol. The van der Waals surface area contributed by atoms with Crippen LogP contribution in [0.25, 0.3) is 0 Å². The first-order chi connectivity index (χ1) is 14.7. The molecule has 1 amide bonds. The molecule has 0 spiro atoms. The number of ether oxygens (including phenoxy) is 4. The summed E-state index contributed by atoms with van der Waals surface area (Å²) >= 11 is 0. The van der Waals surface area contributed by atoms with Gasteiger partial charge in [-0.1, -0.05) is 0 Å². The Bertz CT molecular complexity index is 778. The number of hydrogen-bond donors (Lipinski definition) is 3. The van der Waals surface area contributed by atoms with Crippen molar-refractivity contribution in [3.8, 4) is 0 Å². The molecular formula is C17H26NO13P. The molecule has 0 aromatic rings. The molecule has 0 saturated carbocycles. The van der Waals surface area contributed by atoms with Gasteiger partial charge in [0, 0.05) is 33.6 Å². The number of rotatable bonds is 10. The second-order valence-corrected chi connectivity index (χ2v) is 8.08. The Morgan fingerprint density at radius 3 is 1.94 bits per heavy atom. The van der Waals surface area contributed by atoms with Gasteiger partial charge in [-0.15, -0.1) is 0 Å². The molecule has 5 atom stereocenters. The first-order valence-corrected chi connectivity index (χ1v) is 10.9. The molecule has 3 unspecified atom stereocenters. The number of carbonyl (C=O) groups is 5. The van der Waals surface area contributed by atoms with Gasteiger partial charge in [-0.3, -0.25) is 23.7 Å². The van der Waals surface area contributed by atoms with E-state index in [2.05, 4.69) is 9.84 Å². The quantitative estimate of drug-likeness (QED) is 0.196. The molecule has 1 saturated heterocycles. The average molecular weight is 483 g/mol. The lowest BCUT2D eigenvalue weighted by Gasteiger charge is -2.44. The summed E-state index contributed by atoms with van der Waals surface area (Å²) in [5.74, 6) is -3.53. The van der Waals surface area contributed by atoms with Gasteiger partial charge in [0.25, 0.3) is 0 Å². The minimum Gasteiger partial charge on any atom is -0.463 e. The Labute approximate surface area is 183 Å². The minimum atomic E-state index is -5.20. The van der Waals surface area contributed by atoms with Crippen molar-refractivity contribution in [1.82, 2.24) is 5.32 Å². The molecular weight excluding hydrogens is 457 g/mol. The largest absolute Gasteiger partial charge is 0.472 e. The molecule has 32 heavy (non-hydrogen) atoms. The first-order valence-electron chi connectivity index (χ1n) is 9.35. The van der Waals surface area contributed by atoms with Gasteiger partial charge in [0.1, 0.15) is 24.5 Å². The molecule has 0 bridgehead atoms. The zero-order valence-corrected chi connectivity index (χ0v) is 18.7. The van der Waals surface area contributed by atoms with E-state index < -0.39 is 68.9 Å². The summed E-state index contributed by atoms with van der Waals surface area (Å²) in [5.41, 5.74) is 0. The van der Waals surface area contributed by atoms with Gasteiger partial charge in [-0.05, 0) is 6.92 Å². The Morgan fingerprint density at radius 1 is 0.906 bits per heavy atom. The van der Waals surface area contributed by atoms with Crippen LogP contribution < -0.4 is 5.32 Å². The molecule has 1 rings (SSSR count). The highest BCUT2D eigenvalue weighted by Gasteiger charge is 2.52. The van der Waals surface area contributed by atoms with E-state index >= 15 is 0 Å². The van der Waals surface area contributed by atoms with Crippen LogP contribution in [-0.2, 0) is 52.0 Å². The highest BCUT2D eigenvalue weighted by atomic mass is 31.2. The molecule has 182 valence electrons. The Balaban J connectivity index is 3.36. The van der Waals surface area contributed by atoms with Gasteiger partial charge in [0.2, 0.25) is 5.91 Å². The lowest BCUT2D eigenvalue weighted by Crippen LogP contribution is -2.66. The Kier molecular flexibility index (Phi) is 10.4. The van der Waals surface area contributed by atoms with E-state index in [0.717, 1.165) is 20.8 Å². The Hall–Kier alpha value is -2.38. The first kappa shape index (κ1) is 27.7. The minimum absolute atomic E-state index is 0.135. The maximum Gasteiger partial charge on any atom is 0.472 e. The van der Waals surface area contributed by atoms with Crippen molar-refractivity contribution in [2.45, 2.75) is 71.2 Å². The van der Waals surface area contributed by atoms with Gasteiger partial charge in [-0.2, -0.15) is 0 Å². The maximum absolute atomic E-state index is 12.3. The predicted molar refractivity (Wildman–Crippen MR) is 101 cm³/mol. The normalized spacial score (nSPS) is 25.4. The maximum atomic E-state index is 12.3. The third kappa shape index (κ3) is 9.83. The standard InChI is InChI=1S/C17H26NO13P/c1-8(19)5-6-13(23)18-14-16(29-11(4)22)15(28-10(3)21)12(7-27-9(2)20)30-17(14)31-32(24,25)26/h12,14-17H,5-7H2,1-4H3,(H,18,23)(H2,24,25,26)/t12?,14?,15-,16?,17-/m1/s1. The van der Waals surface area contributed by atoms with E-state index in [1.165, 1.54) is 6.92 Å². The number of ketones is 1. The summed E-state index contributed by atoms with van der Waals surface area (Å²) < 4.78 is 36.7. The Morgan fingerprint density at radius 2 is 1.47 bits per heavy atom. The van der Waals surface area contributed by atoms with E-state index in [-0.39, 0.29) is 18.6 Å². The van der Waals surface area contributed by atoms with Crippen molar-refractivity contribution in [3.05, 3.63) is 0 Å². The average Bonchev–Trinajstić information content (AvgIpc) is 2.61. The van der Waals surface area contributed by atoms with E-state index in [0.29, 0.717) is 0 Å². The van der Waals surface area contributed by atoms with Gasteiger partial charge in [0.15, 0.2) is 18.5 Å². The lowest BCUT2D eigenvalue weighted by molar-refractivity contribution is -0.260. The molecule has 0 aromatic heterocycles. The van der Waals surface area contributed by atoms with E-state index in [9.17, 15) is 38.3 Å². The third-order valence-electron chi connectivity index (χ3n) is 3.97. The van der Waals surface area contributed by atoms with Crippen LogP contribution in [0.5, 0.6) is 0 Å². The molecule has 1 fully saturated rings. The summed E-state index contributed by atoms with van der Waals surface area (Å²) in [6, 6.07) is -1.57. The summed E-state index contributed by atoms with van der Waals surface area (Å²) in [6.45, 7) is 3.82. The number of carbonyl (C=O) groups excluding carboxylic acids is 5. The van der Waals surface area contributed by atoms with Gasteiger partial charge >= 0.3 is 25.7 Å². The number of hydrogen-bond acceptors (Lipinski definition) is 11. The summed E-state index contributed by atoms with van der Waals surface area (Å²) in [4.78, 5) is 76.5. The number of Topliss-reactive ketones (excluding diaryl/α,β-unsaturated/α-hetero) is 1. The van der Waals surface area contributed by atoms with E-state index in [4.69, 9.17) is 18.9 Å². The third-order valence-corrected chi connectivity index (χ3v) is 4.46. The molecule has 0 aliphatic carbocycles. The van der Waals surface area contributed by atoms with Crippen LogP contribution in [-0.4, -0.2) is 76.6 Å². The highest BCUT2D eigenvalue weighted by molar-refractivity contribution is 7.46. The van der Waals surface area contributed by atoms with Gasteiger partial charge < -0.3 is 38.8 Å². The van der Waals surface area contributed by atoms with Crippen LogP contribution in [0.4, 0.5) is 0 Å². The summed E-state index contributed by atoms with van der Waals surface area (Å²) in [6.07, 6.45) is -6.72. The smallest absolute Gasteiger partial charge is 0.463 e. The van der Waals surface area contributed by atoms with Crippen LogP contribution >= 0.6 is 7.82 Å².